The molecule has 5 nitrogen and oxygen atoms in total. The van der Waals surface area contributed by atoms with Crippen molar-refractivity contribution in [2.75, 3.05) is 19.1 Å². The van der Waals surface area contributed by atoms with Crippen molar-refractivity contribution in [1.29, 1.82) is 0 Å². The highest BCUT2D eigenvalue weighted by Crippen LogP contribution is 2.24. The predicted octanol–water partition coefficient (Wildman–Crippen LogP) is 4.65. The number of carbonyl (C=O) groups excluding carboxylic acids is 1. The maximum absolute atomic E-state index is 12.7. The van der Waals surface area contributed by atoms with Gasteiger partial charge in [-0.3, -0.25) is 4.90 Å². The van der Waals surface area contributed by atoms with E-state index in [-0.39, 0.29) is 0 Å². The van der Waals surface area contributed by atoms with Crippen LogP contribution in [0.4, 0.5) is 10.5 Å². The first kappa shape index (κ1) is 18.6. The zero-order chi connectivity index (χ0) is 18.4. The highest BCUT2D eigenvalue weighted by molar-refractivity contribution is 5.87. The molecule has 0 unspecified atom stereocenters. The van der Waals surface area contributed by atoms with Crippen LogP contribution in [0.1, 0.15) is 26.3 Å². The van der Waals surface area contributed by atoms with Crippen LogP contribution in [0.3, 0.4) is 0 Å². The molecule has 0 radical (unpaired) electrons. The number of carbonyl (C=O) groups is 1. The molecule has 0 saturated heterocycles. The van der Waals surface area contributed by atoms with Gasteiger partial charge in [-0.1, -0.05) is 12.1 Å². The van der Waals surface area contributed by atoms with Crippen LogP contribution in [0.25, 0.3) is 0 Å². The summed E-state index contributed by atoms with van der Waals surface area (Å²) in [5.74, 6) is 1.51. The maximum Gasteiger partial charge on any atom is 0.415 e. The van der Waals surface area contributed by atoms with Crippen LogP contribution < -0.4 is 14.4 Å². The number of benzene rings is 2. The number of anilines is 1. The van der Waals surface area contributed by atoms with Gasteiger partial charge >= 0.3 is 6.09 Å². The van der Waals surface area contributed by atoms with Gasteiger partial charge < -0.3 is 14.2 Å². The number of ether oxygens (including phenoxy) is 3. The van der Waals surface area contributed by atoms with Gasteiger partial charge in [-0.15, -0.1) is 0 Å². The van der Waals surface area contributed by atoms with Gasteiger partial charge in [0.15, 0.2) is 0 Å². The summed E-state index contributed by atoms with van der Waals surface area (Å²) in [6.07, 6.45) is -0.395. The van der Waals surface area contributed by atoms with Gasteiger partial charge in [-0.25, -0.2) is 4.79 Å². The first-order valence-electron chi connectivity index (χ1n) is 8.10. The molecule has 2 rings (SSSR count). The van der Waals surface area contributed by atoms with E-state index in [4.69, 9.17) is 14.2 Å². The van der Waals surface area contributed by atoms with Gasteiger partial charge in [-0.05, 0) is 62.7 Å². The van der Waals surface area contributed by atoms with Crippen molar-refractivity contribution < 1.29 is 19.0 Å². The molecule has 0 aromatic heterocycles. The Balaban J connectivity index is 2.27. The summed E-state index contributed by atoms with van der Waals surface area (Å²) in [5, 5.41) is 0. The molecule has 5 heteroatoms. The SMILES string of the molecule is COc1ccc(CN(C(=O)OC(C)(C)C)c2ccc(OC)cc2)cc1. The lowest BCUT2D eigenvalue weighted by Crippen LogP contribution is -2.36. The first-order valence-corrected chi connectivity index (χ1v) is 8.10. The number of amides is 1. The van der Waals surface area contributed by atoms with Gasteiger partial charge in [-0.2, -0.15) is 0 Å². The Bertz CT molecular complexity index is 687. The van der Waals surface area contributed by atoms with Crippen molar-refractivity contribution in [1.82, 2.24) is 0 Å². The molecule has 2 aromatic carbocycles. The number of hydrogen-bond acceptors (Lipinski definition) is 4. The van der Waals surface area contributed by atoms with Crippen LogP contribution in [-0.2, 0) is 11.3 Å². The molecule has 0 aliphatic carbocycles. The highest BCUT2D eigenvalue weighted by Gasteiger charge is 2.23. The van der Waals surface area contributed by atoms with Gasteiger partial charge in [0.05, 0.1) is 20.8 Å². The van der Waals surface area contributed by atoms with E-state index < -0.39 is 11.7 Å². The van der Waals surface area contributed by atoms with Crippen molar-refractivity contribution >= 4 is 11.8 Å². The molecular weight excluding hydrogens is 318 g/mol. The Morgan fingerprint density at radius 2 is 1.36 bits per heavy atom. The van der Waals surface area contributed by atoms with Gasteiger partial charge in [0, 0.05) is 5.69 Å². The van der Waals surface area contributed by atoms with Crippen molar-refractivity contribution in [2.45, 2.75) is 32.9 Å². The molecule has 1 amide bonds. The van der Waals surface area contributed by atoms with Crippen LogP contribution in [0.15, 0.2) is 48.5 Å². The minimum Gasteiger partial charge on any atom is -0.497 e. The van der Waals surface area contributed by atoms with E-state index in [1.54, 1.807) is 19.1 Å². The maximum atomic E-state index is 12.7. The van der Waals surface area contributed by atoms with Crippen LogP contribution in [0.5, 0.6) is 11.5 Å². The van der Waals surface area contributed by atoms with Crippen LogP contribution in [0, 0.1) is 0 Å². The topological polar surface area (TPSA) is 48.0 Å². The van der Waals surface area contributed by atoms with Crippen molar-refractivity contribution in [2.24, 2.45) is 0 Å². The molecule has 0 heterocycles. The highest BCUT2D eigenvalue weighted by atomic mass is 16.6. The third-order valence-corrected chi connectivity index (χ3v) is 3.50. The lowest BCUT2D eigenvalue weighted by Gasteiger charge is -2.27. The van der Waals surface area contributed by atoms with Crippen molar-refractivity contribution in [3.05, 3.63) is 54.1 Å². The van der Waals surface area contributed by atoms with Crippen molar-refractivity contribution in [3.63, 3.8) is 0 Å². The van der Waals surface area contributed by atoms with Gasteiger partial charge in [0.25, 0.3) is 0 Å². The Hall–Kier alpha value is -2.69. The number of methoxy groups -OCH3 is 2. The molecule has 0 bridgehead atoms. The third-order valence-electron chi connectivity index (χ3n) is 3.50. The van der Waals surface area contributed by atoms with Crippen LogP contribution in [-0.4, -0.2) is 25.9 Å². The average Bonchev–Trinajstić information content (AvgIpc) is 2.59. The summed E-state index contributed by atoms with van der Waals surface area (Å²) < 4.78 is 15.9. The van der Waals surface area contributed by atoms with Crippen LogP contribution >= 0.6 is 0 Å². The second kappa shape index (κ2) is 7.92. The smallest absolute Gasteiger partial charge is 0.415 e. The second-order valence-electron chi connectivity index (χ2n) is 6.61. The molecule has 2 aromatic rings. The van der Waals surface area contributed by atoms with E-state index in [2.05, 4.69) is 0 Å². The molecule has 0 N–H and O–H groups in total. The Morgan fingerprint density at radius 3 is 1.80 bits per heavy atom. The fraction of sp³-hybridized carbons (Fsp3) is 0.350. The Kier molecular flexibility index (Phi) is 5.91. The number of nitrogens with zero attached hydrogens (tertiary/aromatic N) is 1. The zero-order valence-corrected chi connectivity index (χ0v) is 15.4. The third kappa shape index (κ3) is 5.41. The summed E-state index contributed by atoms with van der Waals surface area (Å²) in [4.78, 5) is 14.3. The summed E-state index contributed by atoms with van der Waals surface area (Å²) >= 11 is 0. The van der Waals surface area contributed by atoms with E-state index in [1.165, 1.54) is 0 Å². The summed E-state index contributed by atoms with van der Waals surface area (Å²) in [5.41, 5.74) is 1.15. The lowest BCUT2D eigenvalue weighted by atomic mass is 10.2. The zero-order valence-electron chi connectivity index (χ0n) is 15.4. The average molecular weight is 343 g/mol. The summed E-state index contributed by atoms with van der Waals surface area (Å²) in [7, 11) is 3.23. The van der Waals surface area contributed by atoms with Crippen molar-refractivity contribution in [3.8, 4) is 11.5 Å². The standard InChI is InChI=1S/C20H25NO4/c1-20(2,3)25-19(22)21(16-8-12-18(24-5)13-9-16)14-15-6-10-17(23-4)11-7-15/h6-13H,14H2,1-5H3. The van der Waals surface area contributed by atoms with E-state index in [0.717, 1.165) is 22.7 Å². The predicted molar refractivity (Wildman–Crippen MR) is 98.4 cm³/mol. The molecule has 0 spiro atoms. The molecule has 25 heavy (non-hydrogen) atoms. The van der Waals surface area contributed by atoms with E-state index >= 15 is 0 Å². The normalized spacial score (nSPS) is 10.9. The molecule has 0 fully saturated rings. The Morgan fingerprint density at radius 1 is 0.880 bits per heavy atom. The summed E-state index contributed by atoms with van der Waals surface area (Å²) in [6.45, 7) is 5.95. The number of hydrogen-bond donors (Lipinski definition) is 0. The molecule has 134 valence electrons. The molecule has 0 aliphatic rings. The Labute approximate surface area is 149 Å². The molecule has 0 atom stereocenters. The summed E-state index contributed by atoms with van der Waals surface area (Å²) in [6, 6.07) is 14.9. The minimum absolute atomic E-state index is 0.394. The second-order valence-corrected chi connectivity index (χ2v) is 6.61. The lowest BCUT2D eigenvalue weighted by molar-refractivity contribution is 0.0577. The van der Waals surface area contributed by atoms with Gasteiger partial charge in [0.2, 0.25) is 0 Å². The quantitative estimate of drug-likeness (QED) is 0.793. The van der Waals surface area contributed by atoms with E-state index in [9.17, 15) is 4.79 Å². The van der Waals surface area contributed by atoms with E-state index in [0.29, 0.717) is 6.54 Å². The number of rotatable bonds is 5. The fourth-order valence-corrected chi connectivity index (χ4v) is 2.25. The largest absolute Gasteiger partial charge is 0.497 e. The fourth-order valence-electron chi connectivity index (χ4n) is 2.25. The first-order chi connectivity index (χ1) is 11.8. The minimum atomic E-state index is -0.568. The van der Waals surface area contributed by atoms with Gasteiger partial charge in [0.1, 0.15) is 17.1 Å². The molecule has 0 saturated carbocycles. The monoisotopic (exact) mass is 343 g/mol. The van der Waals surface area contributed by atoms with E-state index in [1.807, 2.05) is 69.3 Å². The molecule has 0 aliphatic heterocycles. The van der Waals surface area contributed by atoms with Crippen LogP contribution in [0.2, 0.25) is 0 Å². The molecular formula is C20H25NO4.